The number of hydrogen-bond donors (Lipinski definition) is 0. The quantitative estimate of drug-likeness (QED) is 0.292. The summed E-state index contributed by atoms with van der Waals surface area (Å²) in [5.41, 5.74) is -2.25. The van der Waals surface area contributed by atoms with Crippen molar-refractivity contribution in [1.82, 2.24) is 19.9 Å². The number of hydrogen-bond acceptors (Lipinski definition) is 7. The van der Waals surface area contributed by atoms with Crippen molar-refractivity contribution in [2.45, 2.75) is 70.6 Å². The first-order valence-electron chi connectivity index (χ1n) is 14.6. The largest absolute Gasteiger partial charge is 0.439 e. The average Bonchev–Trinajstić information content (AvgIpc) is 3.68. The predicted octanol–water partition coefficient (Wildman–Crippen LogP) is 7.05. The van der Waals surface area contributed by atoms with Crippen LogP contribution in [0, 0.1) is 19.8 Å². The van der Waals surface area contributed by atoms with E-state index in [-0.39, 0.29) is 24.7 Å². The molecule has 0 N–H and O–H groups in total. The first-order chi connectivity index (χ1) is 20.6. The second-order valence-corrected chi connectivity index (χ2v) is 11.7. The van der Waals surface area contributed by atoms with Crippen molar-refractivity contribution in [2.75, 3.05) is 33.2 Å². The molecular weight excluding hydrogens is 592 g/mol. The van der Waals surface area contributed by atoms with Crippen LogP contribution in [0.25, 0.3) is 5.70 Å². The molecule has 44 heavy (non-hydrogen) atoms. The minimum atomic E-state index is -5.02. The molecule has 1 unspecified atom stereocenters. The summed E-state index contributed by atoms with van der Waals surface area (Å²) >= 11 is 0. The van der Waals surface area contributed by atoms with E-state index in [0.717, 1.165) is 37.8 Å². The number of nitrogens with zero attached hydrogens (tertiary/aromatic N) is 5. The third kappa shape index (κ3) is 6.18. The van der Waals surface area contributed by atoms with E-state index in [1.807, 2.05) is 25.1 Å². The Morgan fingerprint density at radius 2 is 1.68 bits per heavy atom. The maximum atomic E-state index is 13.5. The van der Waals surface area contributed by atoms with Gasteiger partial charge in [-0.25, -0.2) is 4.79 Å². The molecule has 8 nitrogen and oxygen atoms in total. The van der Waals surface area contributed by atoms with Gasteiger partial charge in [-0.05, 0) is 62.9 Å². The Balaban J connectivity index is 1.47. The molecule has 1 amide bonds. The Morgan fingerprint density at radius 1 is 1.05 bits per heavy atom. The van der Waals surface area contributed by atoms with E-state index >= 15 is 0 Å². The number of carbonyl (C=O) groups is 1. The van der Waals surface area contributed by atoms with Crippen molar-refractivity contribution in [2.24, 2.45) is 10.9 Å². The van der Waals surface area contributed by atoms with Gasteiger partial charge in [0.1, 0.15) is 17.5 Å². The number of amides is 1. The predicted molar refractivity (Wildman–Crippen MR) is 149 cm³/mol. The summed E-state index contributed by atoms with van der Waals surface area (Å²) in [4.78, 5) is 23.4. The number of alkyl halides is 6. The molecule has 3 heterocycles. The summed E-state index contributed by atoms with van der Waals surface area (Å²) in [5.74, 6) is 1.03. The average molecular weight is 628 g/mol. The number of rotatable bonds is 8. The smallest absolute Gasteiger partial charge is 0.416 e. The maximum absolute atomic E-state index is 13.5. The molecule has 2 atom stereocenters. The lowest BCUT2D eigenvalue weighted by molar-refractivity contribution is -0.143. The number of cyclic esters (lactones) is 1. The topological polar surface area (TPSA) is 74.4 Å². The highest BCUT2D eigenvalue weighted by molar-refractivity contribution is 5.84. The number of aromatic nitrogens is 1. The fourth-order valence-electron chi connectivity index (χ4n) is 6.45. The van der Waals surface area contributed by atoms with E-state index < -0.39 is 41.3 Å². The van der Waals surface area contributed by atoms with Crippen LogP contribution in [0.15, 0.2) is 33.9 Å². The fraction of sp³-hybridized carbons (Fsp3) is 0.567. The SMILES string of the molecule is CCN(CC1CCCC1)C1(CN2C[C@@H](c3cc(C(F)(F)F)cc(C(F)(F)F)c3)OC2=O)C=NC(c2c(C)noc2C)=CN1C. The van der Waals surface area contributed by atoms with Crippen LogP contribution in [-0.2, 0) is 17.1 Å². The van der Waals surface area contributed by atoms with E-state index in [4.69, 9.17) is 14.3 Å². The number of aryl methyl sites for hydroxylation is 2. The van der Waals surface area contributed by atoms with Gasteiger partial charge in [-0.3, -0.25) is 14.8 Å². The van der Waals surface area contributed by atoms with E-state index in [0.29, 0.717) is 41.7 Å². The molecule has 2 aliphatic heterocycles. The van der Waals surface area contributed by atoms with Gasteiger partial charge in [-0.2, -0.15) is 26.3 Å². The van der Waals surface area contributed by atoms with E-state index in [2.05, 4.69) is 10.1 Å². The summed E-state index contributed by atoms with van der Waals surface area (Å²) in [6, 6.07) is 1.28. The highest BCUT2D eigenvalue weighted by atomic mass is 19.4. The van der Waals surface area contributed by atoms with Gasteiger partial charge in [-0.1, -0.05) is 24.9 Å². The molecule has 1 saturated carbocycles. The molecule has 2 aromatic rings. The van der Waals surface area contributed by atoms with Crippen LogP contribution in [0.2, 0.25) is 0 Å². The zero-order chi connectivity index (χ0) is 32.0. The first kappa shape index (κ1) is 31.9. The van der Waals surface area contributed by atoms with Gasteiger partial charge < -0.3 is 14.2 Å². The summed E-state index contributed by atoms with van der Waals surface area (Å²) < 4.78 is 91.9. The Hall–Kier alpha value is -3.55. The lowest BCUT2D eigenvalue weighted by atomic mass is 9.99. The molecule has 1 saturated heterocycles. The number of benzene rings is 1. The third-order valence-corrected chi connectivity index (χ3v) is 8.80. The Morgan fingerprint density at radius 3 is 2.20 bits per heavy atom. The van der Waals surface area contributed by atoms with Crippen LogP contribution in [0.3, 0.4) is 0 Å². The zero-order valence-corrected chi connectivity index (χ0v) is 24.9. The monoisotopic (exact) mass is 627 g/mol. The van der Waals surface area contributed by atoms with Crippen molar-refractivity contribution in [3.63, 3.8) is 0 Å². The van der Waals surface area contributed by atoms with Crippen LogP contribution in [0.5, 0.6) is 0 Å². The van der Waals surface area contributed by atoms with E-state index in [1.165, 1.54) is 4.90 Å². The van der Waals surface area contributed by atoms with Crippen LogP contribution >= 0.6 is 0 Å². The Kier molecular flexibility index (Phi) is 8.51. The number of aliphatic imine (C=N–C) groups is 1. The molecule has 1 aromatic carbocycles. The van der Waals surface area contributed by atoms with Crippen LogP contribution in [0.1, 0.15) is 72.4 Å². The van der Waals surface area contributed by atoms with E-state index in [9.17, 15) is 31.1 Å². The van der Waals surface area contributed by atoms with E-state index in [1.54, 1.807) is 20.1 Å². The molecule has 240 valence electrons. The highest BCUT2D eigenvalue weighted by Gasteiger charge is 2.47. The highest BCUT2D eigenvalue weighted by Crippen LogP contribution is 2.40. The van der Waals surface area contributed by atoms with Crippen molar-refractivity contribution in [3.8, 4) is 0 Å². The maximum Gasteiger partial charge on any atom is 0.416 e. The molecule has 3 aliphatic rings. The van der Waals surface area contributed by atoms with Gasteiger partial charge in [0.05, 0.1) is 41.2 Å². The number of likely N-dealkylation sites (N-methyl/N-ethyl adjacent to an activating group) is 2. The number of halogens is 6. The van der Waals surface area contributed by atoms with Crippen molar-refractivity contribution in [3.05, 3.63) is 58.1 Å². The van der Waals surface area contributed by atoms with Gasteiger partial charge in [0.15, 0.2) is 0 Å². The minimum Gasteiger partial charge on any atom is -0.439 e. The third-order valence-electron chi connectivity index (χ3n) is 8.80. The second-order valence-electron chi connectivity index (χ2n) is 11.7. The van der Waals surface area contributed by atoms with Crippen molar-refractivity contribution in [1.29, 1.82) is 0 Å². The van der Waals surface area contributed by atoms with Crippen LogP contribution < -0.4 is 0 Å². The summed E-state index contributed by atoms with van der Waals surface area (Å²) in [5, 5.41) is 4.02. The first-order valence-corrected chi connectivity index (χ1v) is 14.6. The number of ether oxygens (including phenoxy) is 1. The molecule has 2 fully saturated rings. The molecule has 0 spiro atoms. The van der Waals surface area contributed by atoms with Gasteiger partial charge in [0, 0.05) is 26.0 Å². The van der Waals surface area contributed by atoms with Crippen molar-refractivity contribution >= 4 is 18.0 Å². The van der Waals surface area contributed by atoms with Crippen molar-refractivity contribution < 1.29 is 40.4 Å². The summed E-state index contributed by atoms with van der Waals surface area (Å²) in [6.45, 7) is 6.68. The van der Waals surface area contributed by atoms with Gasteiger partial charge in [0.25, 0.3) is 0 Å². The molecular formula is C30H35F6N5O3. The standard InChI is InChI=1S/C30H35F6N5O3/c1-5-41(13-20-8-6-7-9-20)28(16-37-24(14-39(28)4)26-18(2)38-44-19(26)3)17-40-15-25(43-27(40)42)21-10-22(29(31,32)33)12-23(11-21)30(34,35)36/h10-12,14,16,20,25H,5-9,13,15,17H2,1-4H3/t25-,28?/m0/s1. The zero-order valence-electron chi connectivity index (χ0n) is 24.9. The molecule has 14 heteroatoms. The summed E-state index contributed by atoms with van der Waals surface area (Å²) in [7, 11) is 1.85. The number of carbonyl (C=O) groups excluding carboxylic acids is 1. The molecule has 1 aromatic heterocycles. The molecule has 0 radical (unpaired) electrons. The Bertz CT molecular complexity index is 1390. The lowest BCUT2D eigenvalue weighted by Gasteiger charge is -2.50. The lowest BCUT2D eigenvalue weighted by Crippen LogP contribution is -2.66. The normalized spacial score (nSPS) is 23.2. The minimum absolute atomic E-state index is 0.0133. The Labute approximate surface area is 251 Å². The molecule has 5 rings (SSSR count). The fourth-order valence-corrected chi connectivity index (χ4v) is 6.45. The van der Waals surface area contributed by atoms with Crippen LogP contribution in [0.4, 0.5) is 31.1 Å². The van der Waals surface area contributed by atoms with Crippen LogP contribution in [-0.4, -0.2) is 71.1 Å². The summed E-state index contributed by atoms with van der Waals surface area (Å²) in [6.07, 6.45) is -4.21. The molecule has 0 bridgehead atoms. The van der Waals surface area contributed by atoms with Gasteiger partial charge in [-0.15, -0.1) is 0 Å². The van der Waals surface area contributed by atoms with Gasteiger partial charge >= 0.3 is 18.4 Å². The van der Waals surface area contributed by atoms with Gasteiger partial charge in [0.2, 0.25) is 0 Å². The molecule has 1 aliphatic carbocycles. The second kappa shape index (κ2) is 11.8.